The van der Waals surface area contributed by atoms with E-state index in [1.54, 1.807) is 0 Å². The van der Waals surface area contributed by atoms with Crippen LogP contribution in [0.25, 0.3) is 0 Å². The van der Waals surface area contributed by atoms with Crippen molar-refractivity contribution in [3.63, 3.8) is 0 Å². The van der Waals surface area contributed by atoms with Crippen molar-refractivity contribution in [2.24, 2.45) is 29.6 Å². The zero-order valence-electron chi connectivity index (χ0n) is 8.01. The van der Waals surface area contributed by atoms with Crippen LogP contribution in [0.3, 0.4) is 0 Å². The quantitative estimate of drug-likeness (QED) is 0.499. The Labute approximate surface area is 70.4 Å². The van der Waals surface area contributed by atoms with Crippen LogP contribution in [0.15, 0.2) is 0 Å². The first-order chi connectivity index (χ1) is 5.22. The second kappa shape index (κ2) is 2.50. The van der Waals surface area contributed by atoms with Crippen LogP contribution in [0.2, 0.25) is 0 Å². The molecule has 11 heavy (non-hydrogen) atoms. The van der Waals surface area contributed by atoms with E-state index < -0.39 is 0 Å². The molecule has 0 aromatic heterocycles. The summed E-state index contributed by atoms with van der Waals surface area (Å²) in [6, 6.07) is 0. The fourth-order valence-corrected chi connectivity index (χ4v) is 3.22. The van der Waals surface area contributed by atoms with E-state index in [0.29, 0.717) is 0 Å². The first-order valence-corrected chi connectivity index (χ1v) is 5.22. The molecule has 0 spiro atoms. The van der Waals surface area contributed by atoms with E-state index in [1.165, 1.54) is 19.3 Å². The van der Waals surface area contributed by atoms with Gasteiger partial charge in [0.1, 0.15) is 0 Å². The smallest absolute Gasteiger partial charge is 0.0326 e. The van der Waals surface area contributed by atoms with Gasteiger partial charge in [-0.1, -0.05) is 33.6 Å². The summed E-state index contributed by atoms with van der Waals surface area (Å²) in [5.41, 5.74) is 0. The predicted molar refractivity (Wildman–Crippen MR) is 48.3 cm³/mol. The summed E-state index contributed by atoms with van der Waals surface area (Å²) in [5.74, 6) is 5.29. The van der Waals surface area contributed by atoms with Crippen LogP contribution in [-0.4, -0.2) is 0 Å². The van der Waals surface area contributed by atoms with Crippen LogP contribution in [0.5, 0.6) is 0 Å². The summed E-state index contributed by atoms with van der Waals surface area (Å²) in [7, 11) is 0. The molecule has 64 valence electrons. The van der Waals surface area contributed by atoms with E-state index in [0.717, 1.165) is 29.6 Å². The van der Waals surface area contributed by atoms with Gasteiger partial charge in [0, 0.05) is 0 Å². The fourth-order valence-electron chi connectivity index (χ4n) is 3.22. The third-order valence-corrected chi connectivity index (χ3v) is 4.34. The Bertz CT molecular complexity index is 148. The second-order valence-electron chi connectivity index (χ2n) is 4.87. The SMILES string of the molecule is CC1CCCC2C(C)C2C1C. The number of fused-ring (bicyclic) bond motifs is 1. The summed E-state index contributed by atoms with van der Waals surface area (Å²) < 4.78 is 0. The average Bonchev–Trinajstić information content (AvgIpc) is 2.62. The molecule has 0 amide bonds. The maximum Gasteiger partial charge on any atom is -0.0326 e. The van der Waals surface area contributed by atoms with Gasteiger partial charge in [0.15, 0.2) is 0 Å². The Morgan fingerprint density at radius 2 is 1.64 bits per heavy atom. The molecule has 2 fully saturated rings. The molecule has 0 nitrogen and oxygen atoms in total. The van der Waals surface area contributed by atoms with E-state index >= 15 is 0 Å². The zero-order valence-corrected chi connectivity index (χ0v) is 8.01. The Kier molecular flexibility index (Phi) is 1.74. The number of hydrogen-bond acceptors (Lipinski definition) is 0. The molecule has 2 saturated carbocycles. The highest BCUT2D eigenvalue weighted by Gasteiger charge is 2.50. The molecule has 0 aromatic rings. The Hall–Kier alpha value is 0. The molecular weight excluding hydrogens is 132 g/mol. The molecule has 0 heteroatoms. The second-order valence-corrected chi connectivity index (χ2v) is 4.87. The Balaban J connectivity index is 2.05. The lowest BCUT2D eigenvalue weighted by Crippen LogP contribution is -2.09. The van der Waals surface area contributed by atoms with E-state index in [1.807, 2.05) is 0 Å². The first kappa shape index (κ1) is 7.64. The van der Waals surface area contributed by atoms with Crippen LogP contribution < -0.4 is 0 Å². The number of rotatable bonds is 0. The summed E-state index contributed by atoms with van der Waals surface area (Å²) in [6.45, 7) is 7.36. The molecule has 0 heterocycles. The Morgan fingerprint density at radius 3 is 2.36 bits per heavy atom. The van der Waals surface area contributed by atoms with Gasteiger partial charge in [0.2, 0.25) is 0 Å². The largest absolute Gasteiger partial charge is 0.0622 e. The van der Waals surface area contributed by atoms with Gasteiger partial charge in [-0.3, -0.25) is 0 Å². The minimum Gasteiger partial charge on any atom is -0.0622 e. The monoisotopic (exact) mass is 152 g/mol. The van der Waals surface area contributed by atoms with Gasteiger partial charge < -0.3 is 0 Å². The summed E-state index contributed by atoms with van der Waals surface area (Å²) in [5, 5.41) is 0. The maximum absolute atomic E-state index is 2.47. The zero-order chi connectivity index (χ0) is 8.01. The van der Waals surface area contributed by atoms with Crippen LogP contribution in [0.1, 0.15) is 40.0 Å². The lowest BCUT2D eigenvalue weighted by atomic mass is 9.88. The molecule has 0 aromatic carbocycles. The van der Waals surface area contributed by atoms with Crippen molar-refractivity contribution in [1.82, 2.24) is 0 Å². The van der Waals surface area contributed by atoms with Crippen LogP contribution in [-0.2, 0) is 0 Å². The molecule has 5 atom stereocenters. The van der Waals surface area contributed by atoms with E-state index in [2.05, 4.69) is 20.8 Å². The molecule has 2 aliphatic carbocycles. The summed E-state index contributed by atoms with van der Waals surface area (Å²) in [6.07, 6.45) is 4.51. The highest BCUT2D eigenvalue weighted by molar-refractivity contribution is 4.99. The standard InChI is InChI=1S/C11H20/c1-7-5-4-6-10-9(3)11(10)8(7)2/h7-11H,4-6H2,1-3H3. The van der Waals surface area contributed by atoms with Gasteiger partial charge in [0.05, 0.1) is 0 Å². The highest BCUT2D eigenvalue weighted by atomic mass is 14.6. The van der Waals surface area contributed by atoms with Crippen LogP contribution >= 0.6 is 0 Å². The fraction of sp³-hybridized carbons (Fsp3) is 1.00. The lowest BCUT2D eigenvalue weighted by Gasteiger charge is -2.17. The lowest BCUT2D eigenvalue weighted by molar-refractivity contribution is 0.324. The average molecular weight is 152 g/mol. The molecule has 5 unspecified atom stereocenters. The molecule has 0 N–H and O–H groups in total. The molecule has 0 saturated heterocycles. The number of hydrogen-bond donors (Lipinski definition) is 0. The third-order valence-electron chi connectivity index (χ3n) is 4.34. The normalized spacial score (nSPS) is 56.5. The van der Waals surface area contributed by atoms with Crippen molar-refractivity contribution in [3.8, 4) is 0 Å². The van der Waals surface area contributed by atoms with Crippen molar-refractivity contribution in [3.05, 3.63) is 0 Å². The molecule has 2 rings (SSSR count). The van der Waals surface area contributed by atoms with E-state index in [9.17, 15) is 0 Å². The Morgan fingerprint density at radius 1 is 0.909 bits per heavy atom. The van der Waals surface area contributed by atoms with Crippen molar-refractivity contribution in [2.45, 2.75) is 40.0 Å². The van der Waals surface area contributed by atoms with Crippen molar-refractivity contribution in [1.29, 1.82) is 0 Å². The predicted octanol–water partition coefficient (Wildman–Crippen LogP) is 3.32. The summed E-state index contributed by atoms with van der Waals surface area (Å²) >= 11 is 0. The van der Waals surface area contributed by atoms with Crippen LogP contribution in [0.4, 0.5) is 0 Å². The van der Waals surface area contributed by atoms with Gasteiger partial charge in [-0.2, -0.15) is 0 Å². The summed E-state index contributed by atoms with van der Waals surface area (Å²) in [4.78, 5) is 0. The van der Waals surface area contributed by atoms with Crippen molar-refractivity contribution in [2.75, 3.05) is 0 Å². The van der Waals surface area contributed by atoms with Gasteiger partial charge in [-0.25, -0.2) is 0 Å². The molecule has 0 radical (unpaired) electrons. The van der Waals surface area contributed by atoms with Gasteiger partial charge in [-0.15, -0.1) is 0 Å². The van der Waals surface area contributed by atoms with Gasteiger partial charge >= 0.3 is 0 Å². The van der Waals surface area contributed by atoms with E-state index in [4.69, 9.17) is 0 Å². The first-order valence-electron chi connectivity index (χ1n) is 5.22. The molecule has 0 aliphatic heterocycles. The molecule has 2 aliphatic rings. The minimum absolute atomic E-state index is 0.995. The maximum atomic E-state index is 2.47. The van der Waals surface area contributed by atoms with Crippen LogP contribution in [0, 0.1) is 29.6 Å². The molecule has 0 bridgehead atoms. The van der Waals surface area contributed by atoms with Gasteiger partial charge in [0.25, 0.3) is 0 Å². The van der Waals surface area contributed by atoms with Gasteiger partial charge in [-0.05, 0) is 36.0 Å². The topological polar surface area (TPSA) is 0 Å². The molecular formula is C11H20. The van der Waals surface area contributed by atoms with Crippen molar-refractivity contribution >= 4 is 0 Å². The highest BCUT2D eigenvalue weighted by Crippen LogP contribution is 2.57. The van der Waals surface area contributed by atoms with Crippen molar-refractivity contribution < 1.29 is 0 Å². The van der Waals surface area contributed by atoms with E-state index in [-0.39, 0.29) is 0 Å². The third kappa shape index (κ3) is 1.11. The minimum atomic E-state index is 0.995.